The number of hydrogen-bond acceptors (Lipinski definition) is 3. The van der Waals surface area contributed by atoms with Crippen molar-refractivity contribution in [2.45, 2.75) is 32.7 Å². The third-order valence-corrected chi connectivity index (χ3v) is 3.29. The molecule has 1 aromatic heterocycles. The molecular formula is C16H20N2O. The van der Waals surface area contributed by atoms with E-state index in [0.29, 0.717) is 12.5 Å². The zero-order valence-corrected chi connectivity index (χ0v) is 11.5. The van der Waals surface area contributed by atoms with Crippen molar-refractivity contribution in [3.05, 3.63) is 53.9 Å². The number of nitrogens with two attached hydrogens (primary N) is 1. The van der Waals surface area contributed by atoms with Crippen LogP contribution in [0.4, 0.5) is 0 Å². The summed E-state index contributed by atoms with van der Waals surface area (Å²) in [7, 11) is 0. The smallest absolute Gasteiger partial charge is 0.130 e. The molecule has 1 heterocycles. The minimum Gasteiger partial charge on any atom is -0.457 e. The first-order chi connectivity index (χ1) is 9.22. The number of aromatic nitrogens is 1. The molecule has 0 fully saturated rings. The standard InChI is InChI=1S/C16H20N2O/c1-3-12(2)13-4-6-15(7-5-13)19-16-8-9-18-14(10-16)11-17/h4-10,12H,3,11,17H2,1-2H3. The van der Waals surface area contributed by atoms with Gasteiger partial charge in [-0.25, -0.2) is 0 Å². The molecule has 1 atom stereocenters. The minimum absolute atomic E-state index is 0.421. The topological polar surface area (TPSA) is 48.1 Å². The van der Waals surface area contributed by atoms with Gasteiger partial charge in [-0.2, -0.15) is 0 Å². The quantitative estimate of drug-likeness (QED) is 0.884. The van der Waals surface area contributed by atoms with Gasteiger partial charge in [-0.3, -0.25) is 4.98 Å². The molecule has 1 unspecified atom stereocenters. The molecule has 2 N–H and O–H groups in total. The lowest BCUT2D eigenvalue weighted by molar-refractivity contribution is 0.480. The third-order valence-electron chi connectivity index (χ3n) is 3.29. The molecule has 0 saturated carbocycles. The van der Waals surface area contributed by atoms with E-state index in [9.17, 15) is 0 Å². The van der Waals surface area contributed by atoms with Crippen LogP contribution in [0.15, 0.2) is 42.6 Å². The Morgan fingerprint density at radius 2 is 1.89 bits per heavy atom. The van der Waals surface area contributed by atoms with Crippen molar-refractivity contribution < 1.29 is 4.74 Å². The monoisotopic (exact) mass is 256 g/mol. The van der Waals surface area contributed by atoms with E-state index < -0.39 is 0 Å². The van der Waals surface area contributed by atoms with Gasteiger partial charge in [-0.05, 0) is 36.1 Å². The van der Waals surface area contributed by atoms with Gasteiger partial charge in [0.1, 0.15) is 11.5 Å². The summed E-state index contributed by atoms with van der Waals surface area (Å²) in [5.41, 5.74) is 7.73. The van der Waals surface area contributed by atoms with Crippen LogP contribution >= 0.6 is 0 Å². The molecule has 0 aliphatic heterocycles. The Morgan fingerprint density at radius 3 is 2.53 bits per heavy atom. The number of benzene rings is 1. The fourth-order valence-corrected chi connectivity index (χ4v) is 1.87. The highest BCUT2D eigenvalue weighted by Crippen LogP contribution is 2.25. The Hall–Kier alpha value is -1.87. The van der Waals surface area contributed by atoms with Gasteiger partial charge in [0.25, 0.3) is 0 Å². The fourth-order valence-electron chi connectivity index (χ4n) is 1.87. The van der Waals surface area contributed by atoms with Crippen molar-refractivity contribution in [3.8, 4) is 11.5 Å². The van der Waals surface area contributed by atoms with Crippen LogP contribution in [0, 0.1) is 0 Å². The van der Waals surface area contributed by atoms with Gasteiger partial charge in [0.05, 0.1) is 5.69 Å². The molecule has 1 aromatic carbocycles. The summed E-state index contributed by atoms with van der Waals surface area (Å²) in [6.45, 7) is 4.84. The number of ether oxygens (including phenoxy) is 1. The maximum Gasteiger partial charge on any atom is 0.130 e. The molecule has 2 aromatic rings. The van der Waals surface area contributed by atoms with Crippen molar-refractivity contribution >= 4 is 0 Å². The van der Waals surface area contributed by atoms with E-state index >= 15 is 0 Å². The van der Waals surface area contributed by atoms with Gasteiger partial charge in [0, 0.05) is 18.8 Å². The molecule has 19 heavy (non-hydrogen) atoms. The Labute approximate surface area is 114 Å². The van der Waals surface area contributed by atoms with Crippen molar-refractivity contribution in [2.24, 2.45) is 5.73 Å². The molecule has 3 nitrogen and oxygen atoms in total. The summed E-state index contributed by atoms with van der Waals surface area (Å²) in [5.74, 6) is 2.19. The Morgan fingerprint density at radius 1 is 1.16 bits per heavy atom. The summed E-state index contributed by atoms with van der Waals surface area (Å²) in [6.07, 6.45) is 2.86. The highest BCUT2D eigenvalue weighted by molar-refractivity contribution is 5.34. The second kappa shape index (κ2) is 6.34. The molecule has 0 spiro atoms. The first-order valence-corrected chi connectivity index (χ1v) is 6.65. The van der Waals surface area contributed by atoms with E-state index in [1.54, 1.807) is 6.20 Å². The molecule has 2 rings (SSSR count). The van der Waals surface area contributed by atoms with Gasteiger partial charge < -0.3 is 10.5 Å². The normalized spacial score (nSPS) is 12.2. The fraction of sp³-hybridized carbons (Fsp3) is 0.312. The van der Waals surface area contributed by atoms with E-state index in [-0.39, 0.29) is 0 Å². The summed E-state index contributed by atoms with van der Waals surface area (Å²) < 4.78 is 5.79. The predicted molar refractivity (Wildman–Crippen MR) is 77.4 cm³/mol. The van der Waals surface area contributed by atoms with Crippen LogP contribution in [0.5, 0.6) is 11.5 Å². The largest absolute Gasteiger partial charge is 0.457 e. The zero-order valence-electron chi connectivity index (χ0n) is 11.5. The highest BCUT2D eigenvalue weighted by atomic mass is 16.5. The third kappa shape index (κ3) is 3.55. The van der Waals surface area contributed by atoms with Gasteiger partial charge in [0.2, 0.25) is 0 Å². The van der Waals surface area contributed by atoms with Crippen molar-refractivity contribution in [2.75, 3.05) is 0 Å². The van der Waals surface area contributed by atoms with Crippen LogP contribution in [0.25, 0.3) is 0 Å². The molecule has 100 valence electrons. The lowest BCUT2D eigenvalue weighted by atomic mass is 9.99. The lowest BCUT2D eigenvalue weighted by Crippen LogP contribution is -1.99. The van der Waals surface area contributed by atoms with E-state index in [4.69, 9.17) is 10.5 Å². The number of pyridine rings is 1. The average Bonchev–Trinajstić information content (AvgIpc) is 2.47. The van der Waals surface area contributed by atoms with Crippen LogP contribution in [0.1, 0.15) is 37.4 Å². The first kappa shape index (κ1) is 13.6. The summed E-state index contributed by atoms with van der Waals surface area (Å²) in [5, 5.41) is 0. The lowest BCUT2D eigenvalue weighted by Gasteiger charge is -2.10. The molecule has 3 heteroatoms. The SMILES string of the molecule is CCC(C)c1ccc(Oc2ccnc(CN)c2)cc1. The van der Waals surface area contributed by atoms with Crippen LogP contribution < -0.4 is 10.5 Å². The van der Waals surface area contributed by atoms with E-state index in [1.165, 1.54) is 5.56 Å². The van der Waals surface area contributed by atoms with Crippen LogP contribution in [0.3, 0.4) is 0 Å². The molecule has 0 aliphatic carbocycles. The molecule has 0 aliphatic rings. The van der Waals surface area contributed by atoms with Crippen molar-refractivity contribution in [3.63, 3.8) is 0 Å². The number of rotatable bonds is 5. The average molecular weight is 256 g/mol. The molecule has 0 amide bonds. The van der Waals surface area contributed by atoms with Gasteiger partial charge in [-0.1, -0.05) is 26.0 Å². The predicted octanol–water partition coefficient (Wildman–Crippen LogP) is 3.85. The first-order valence-electron chi connectivity index (χ1n) is 6.65. The number of hydrogen-bond donors (Lipinski definition) is 1. The highest BCUT2D eigenvalue weighted by Gasteiger charge is 2.04. The van der Waals surface area contributed by atoms with E-state index in [2.05, 4.69) is 31.0 Å². The van der Waals surface area contributed by atoms with Gasteiger partial charge >= 0.3 is 0 Å². The Balaban J connectivity index is 2.10. The maximum absolute atomic E-state index is 5.79. The number of nitrogens with zero attached hydrogens (tertiary/aromatic N) is 1. The molecule has 0 radical (unpaired) electrons. The van der Waals surface area contributed by atoms with Crippen molar-refractivity contribution in [1.82, 2.24) is 4.98 Å². The van der Waals surface area contributed by atoms with Crippen LogP contribution in [0.2, 0.25) is 0 Å². The summed E-state index contributed by atoms with van der Waals surface area (Å²) in [6, 6.07) is 11.9. The zero-order chi connectivity index (χ0) is 13.7. The van der Waals surface area contributed by atoms with E-state index in [0.717, 1.165) is 23.6 Å². The minimum atomic E-state index is 0.421. The second-order valence-corrected chi connectivity index (χ2v) is 4.67. The molecule has 0 bridgehead atoms. The summed E-state index contributed by atoms with van der Waals surface area (Å²) in [4.78, 5) is 4.14. The van der Waals surface area contributed by atoms with Crippen molar-refractivity contribution in [1.29, 1.82) is 0 Å². The Kier molecular flexibility index (Phi) is 4.53. The Bertz CT molecular complexity index is 523. The van der Waals surface area contributed by atoms with E-state index in [1.807, 2.05) is 24.3 Å². The molecular weight excluding hydrogens is 236 g/mol. The van der Waals surface area contributed by atoms with Gasteiger partial charge in [-0.15, -0.1) is 0 Å². The summed E-state index contributed by atoms with van der Waals surface area (Å²) >= 11 is 0. The second-order valence-electron chi connectivity index (χ2n) is 4.67. The maximum atomic E-state index is 5.79. The van der Waals surface area contributed by atoms with Crippen LogP contribution in [-0.2, 0) is 6.54 Å². The van der Waals surface area contributed by atoms with Gasteiger partial charge in [0.15, 0.2) is 0 Å². The van der Waals surface area contributed by atoms with Crippen LogP contribution in [-0.4, -0.2) is 4.98 Å². The molecule has 0 saturated heterocycles.